The third-order valence-corrected chi connectivity index (χ3v) is 8.49. The Kier molecular flexibility index (Phi) is 8.65. The van der Waals surface area contributed by atoms with Gasteiger partial charge < -0.3 is 14.8 Å². The summed E-state index contributed by atoms with van der Waals surface area (Å²) in [7, 11) is 0. The van der Waals surface area contributed by atoms with Crippen molar-refractivity contribution in [2.45, 2.75) is 39.0 Å². The van der Waals surface area contributed by atoms with Gasteiger partial charge in [0.2, 0.25) is 11.8 Å². The van der Waals surface area contributed by atoms with Crippen molar-refractivity contribution in [2.24, 2.45) is 0 Å². The Bertz CT molecular complexity index is 2060. The highest BCUT2D eigenvalue weighted by atomic mass is 35.5. The average Bonchev–Trinajstić information content (AvgIpc) is 3.63. The maximum Gasteiger partial charge on any atom is 0.247 e. The van der Waals surface area contributed by atoms with Gasteiger partial charge >= 0.3 is 0 Å². The van der Waals surface area contributed by atoms with Gasteiger partial charge in [0.15, 0.2) is 23.2 Å². The molecule has 0 bridgehead atoms. The summed E-state index contributed by atoms with van der Waals surface area (Å²) in [5, 5.41) is 3.44. The van der Waals surface area contributed by atoms with E-state index < -0.39 is 29.8 Å². The zero-order chi connectivity index (χ0) is 33.4. The van der Waals surface area contributed by atoms with E-state index in [1.807, 2.05) is 0 Å². The lowest BCUT2D eigenvalue weighted by atomic mass is 10.0. The second-order valence-electron chi connectivity index (χ2n) is 11.3. The topological polar surface area (TPSA) is 114 Å². The zero-order valence-corrected chi connectivity index (χ0v) is 26.1. The Morgan fingerprint density at radius 3 is 2.36 bits per heavy atom. The Balaban J connectivity index is 1.24. The lowest BCUT2D eigenvalue weighted by Gasteiger charge is -2.24. The third kappa shape index (κ3) is 6.26. The van der Waals surface area contributed by atoms with E-state index in [9.17, 15) is 23.6 Å². The monoisotopic (exact) mass is 655 g/mol. The van der Waals surface area contributed by atoms with Crippen molar-refractivity contribution in [3.05, 3.63) is 101 Å². The zero-order valence-electron chi connectivity index (χ0n) is 25.3. The van der Waals surface area contributed by atoms with Crippen molar-refractivity contribution in [3.8, 4) is 22.3 Å². The van der Waals surface area contributed by atoms with Crippen LogP contribution in [0.5, 0.6) is 0 Å². The van der Waals surface area contributed by atoms with Crippen LogP contribution in [0.25, 0.3) is 33.2 Å². The van der Waals surface area contributed by atoms with E-state index in [4.69, 9.17) is 11.6 Å². The molecule has 2 aromatic heterocycles. The highest BCUT2D eigenvalue weighted by molar-refractivity contribution is 6.33. The van der Waals surface area contributed by atoms with E-state index in [0.717, 1.165) is 4.90 Å². The molecule has 1 N–H and O–H groups in total. The number of rotatable bonds is 8. The Hall–Kier alpha value is -5.29. The molecule has 0 aliphatic carbocycles. The minimum atomic E-state index is -1.46. The summed E-state index contributed by atoms with van der Waals surface area (Å²) in [6.07, 6.45) is 2.88. The Morgan fingerprint density at radius 1 is 0.936 bits per heavy atom. The van der Waals surface area contributed by atoms with Gasteiger partial charge in [-0.2, -0.15) is 0 Å². The molecular formula is C35H28ClF2N5O4. The number of nitrogens with one attached hydrogen (secondary N) is 1. The van der Waals surface area contributed by atoms with Crippen molar-refractivity contribution in [1.29, 1.82) is 0 Å². The molecule has 47 heavy (non-hydrogen) atoms. The van der Waals surface area contributed by atoms with E-state index in [1.165, 1.54) is 38.4 Å². The minimum absolute atomic E-state index is 0.0871. The number of anilines is 1. The third-order valence-electron chi connectivity index (χ3n) is 8.16. The van der Waals surface area contributed by atoms with Gasteiger partial charge in [0.1, 0.15) is 18.8 Å². The summed E-state index contributed by atoms with van der Waals surface area (Å²) in [5.74, 6) is -2.39. The normalized spacial score (nSPS) is 16.0. The van der Waals surface area contributed by atoms with Crippen molar-refractivity contribution in [2.75, 3.05) is 11.9 Å². The summed E-state index contributed by atoms with van der Waals surface area (Å²) in [6.45, 7) is 2.20. The molecule has 6 rings (SSSR count). The van der Waals surface area contributed by atoms with E-state index >= 15 is 4.39 Å². The van der Waals surface area contributed by atoms with E-state index in [-0.39, 0.29) is 48.2 Å². The maximum absolute atomic E-state index is 15.5. The van der Waals surface area contributed by atoms with Crippen molar-refractivity contribution >= 4 is 51.6 Å². The minimum Gasteiger partial charge on any atom is -0.337 e. The Morgan fingerprint density at radius 2 is 1.66 bits per heavy atom. The first-order chi connectivity index (χ1) is 22.5. The van der Waals surface area contributed by atoms with Gasteiger partial charge in [-0.05, 0) is 36.8 Å². The molecule has 238 valence electrons. The number of carbonyl (C=O) groups is 4. The largest absolute Gasteiger partial charge is 0.337 e. The van der Waals surface area contributed by atoms with Gasteiger partial charge in [-0.25, -0.2) is 18.7 Å². The molecule has 0 unspecified atom stereocenters. The second-order valence-corrected chi connectivity index (χ2v) is 11.7. The molecule has 5 aromatic rings. The number of hydrogen-bond acceptors (Lipinski definition) is 6. The number of hydrogen-bond donors (Lipinski definition) is 1. The predicted octanol–water partition coefficient (Wildman–Crippen LogP) is 6.54. The fraction of sp³-hybridized carbons (Fsp3) is 0.200. The standard InChI is InChI=1S/C35H28ClF2N5O4/c1-19(44)27-17-42(30-11-10-21(12-26(27)30)22-14-39-34(20(2)45)40-15-22)18-32(46)43-16-23(37)13-31(43)35(47)41-29-9-5-7-25(33(29)38)24-6-3-4-8-28(24)36/h3-12,14-15,17,23,31H,13,16,18H2,1-2H3,(H,41,47)/t23-,31+/m1/s1. The van der Waals surface area contributed by atoms with Gasteiger partial charge in [0, 0.05) is 70.1 Å². The number of carbonyl (C=O) groups excluding carboxylic acids is 4. The second kappa shape index (κ2) is 12.8. The lowest BCUT2D eigenvalue weighted by molar-refractivity contribution is -0.137. The average molecular weight is 656 g/mol. The summed E-state index contributed by atoms with van der Waals surface area (Å²) < 4.78 is 31.8. The van der Waals surface area contributed by atoms with E-state index in [1.54, 1.807) is 59.3 Å². The molecule has 1 fully saturated rings. The van der Waals surface area contributed by atoms with Crippen LogP contribution in [0.15, 0.2) is 79.3 Å². The van der Waals surface area contributed by atoms with Gasteiger partial charge in [0.25, 0.3) is 0 Å². The van der Waals surface area contributed by atoms with Crippen LogP contribution in [-0.2, 0) is 16.1 Å². The predicted molar refractivity (Wildman–Crippen MR) is 173 cm³/mol. The molecule has 9 nitrogen and oxygen atoms in total. The number of likely N-dealkylation sites (tertiary alicyclic amines) is 1. The SMILES string of the molecule is CC(=O)c1ncc(-c2ccc3c(c2)c(C(C)=O)cn3CC(=O)N2C[C@H](F)C[C@H]2C(=O)Nc2cccc(-c3ccccc3Cl)c2F)cn1. The van der Waals surface area contributed by atoms with Crippen LogP contribution < -0.4 is 5.32 Å². The fourth-order valence-electron chi connectivity index (χ4n) is 5.82. The number of nitrogens with zero attached hydrogens (tertiary/aromatic N) is 4. The summed E-state index contributed by atoms with van der Waals surface area (Å²) in [5.41, 5.74) is 2.76. The van der Waals surface area contributed by atoms with Crippen LogP contribution >= 0.6 is 11.6 Å². The maximum atomic E-state index is 15.5. The number of fused-ring (bicyclic) bond motifs is 1. The molecule has 1 saturated heterocycles. The number of amides is 2. The van der Waals surface area contributed by atoms with Gasteiger partial charge in [-0.15, -0.1) is 0 Å². The summed E-state index contributed by atoms with van der Waals surface area (Å²) >= 11 is 6.26. The van der Waals surface area contributed by atoms with Crippen molar-refractivity contribution < 1.29 is 28.0 Å². The number of ketones is 2. The van der Waals surface area contributed by atoms with Gasteiger partial charge in [-0.1, -0.05) is 48.0 Å². The Labute approximate surface area is 273 Å². The highest BCUT2D eigenvalue weighted by Crippen LogP contribution is 2.34. The van der Waals surface area contributed by atoms with Crippen LogP contribution in [0.4, 0.5) is 14.5 Å². The first-order valence-electron chi connectivity index (χ1n) is 14.8. The number of alkyl halides is 1. The fourth-order valence-corrected chi connectivity index (χ4v) is 6.06. The molecule has 1 aliphatic rings. The molecule has 3 heterocycles. The summed E-state index contributed by atoms with van der Waals surface area (Å²) in [6, 6.07) is 15.3. The van der Waals surface area contributed by atoms with Crippen LogP contribution in [0.1, 0.15) is 41.2 Å². The molecule has 0 spiro atoms. The number of halogens is 3. The molecule has 1 aliphatic heterocycles. The molecule has 2 atom stereocenters. The molecule has 3 aromatic carbocycles. The summed E-state index contributed by atoms with van der Waals surface area (Å²) in [4.78, 5) is 60.5. The number of Topliss-reactive ketones (excluding diaryl/α,β-unsaturated/α-hetero) is 2. The lowest BCUT2D eigenvalue weighted by Crippen LogP contribution is -2.44. The number of benzene rings is 3. The smallest absolute Gasteiger partial charge is 0.247 e. The molecule has 0 saturated carbocycles. The van der Waals surface area contributed by atoms with Crippen LogP contribution in [0, 0.1) is 5.82 Å². The van der Waals surface area contributed by atoms with Gasteiger partial charge in [-0.3, -0.25) is 19.2 Å². The molecule has 12 heteroatoms. The quantitative estimate of drug-likeness (QED) is 0.190. The van der Waals surface area contributed by atoms with E-state index in [2.05, 4.69) is 15.3 Å². The van der Waals surface area contributed by atoms with Crippen LogP contribution in [0.2, 0.25) is 5.02 Å². The van der Waals surface area contributed by atoms with E-state index in [0.29, 0.717) is 38.2 Å². The van der Waals surface area contributed by atoms with Gasteiger partial charge in [0.05, 0.1) is 12.2 Å². The van der Waals surface area contributed by atoms with Crippen molar-refractivity contribution in [1.82, 2.24) is 19.4 Å². The molecule has 0 radical (unpaired) electrons. The first kappa shape index (κ1) is 31.7. The van der Waals surface area contributed by atoms with Crippen LogP contribution in [0.3, 0.4) is 0 Å². The number of aromatic nitrogens is 3. The van der Waals surface area contributed by atoms with Crippen molar-refractivity contribution in [3.63, 3.8) is 0 Å². The molecular weight excluding hydrogens is 628 g/mol. The molecule has 2 amide bonds. The first-order valence-corrected chi connectivity index (χ1v) is 15.1. The highest BCUT2D eigenvalue weighted by Gasteiger charge is 2.40. The van der Waals surface area contributed by atoms with Crippen LogP contribution in [-0.4, -0.2) is 61.6 Å².